The Bertz CT molecular complexity index is 984. The number of Topliss-reactive ketones (excluding diaryl/α,β-unsaturated/α-hetero) is 1. The molecule has 0 aliphatic heterocycles. The first-order chi connectivity index (χ1) is 14.0. The lowest BCUT2D eigenvalue weighted by Crippen LogP contribution is -2.15. The van der Waals surface area contributed by atoms with Crippen LogP contribution in [0.15, 0.2) is 66.3 Å². The number of nitrogens with zero attached hydrogens (tertiary/aromatic N) is 3. The molecule has 2 aromatic carbocycles. The highest BCUT2D eigenvalue weighted by Crippen LogP contribution is 2.29. The Morgan fingerprint density at radius 1 is 1.21 bits per heavy atom. The van der Waals surface area contributed by atoms with Crippen LogP contribution in [0.25, 0.3) is 11.4 Å². The Morgan fingerprint density at radius 2 is 1.90 bits per heavy atom. The second-order valence-corrected chi connectivity index (χ2v) is 7.60. The molecule has 0 N–H and O–H groups in total. The molecule has 5 nitrogen and oxygen atoms in total. The number of aromatic nitrogens is 3. The van der Waals surface area contributed by atoms with Gasteiger partial charge in [-0.25, -0.2) is 4.39 Å². The second kappa shape index (κ2) is 9.52. The fourth-order valence-electron chi connectivity index (χ4n) is 2.81. The molecule has 0 aliphatic carbocycles. The van der Waals surface area contributed by atoms with Crippen LogP contribution in [-0.4, -0.2) is 32.4 Å². The van der Waals surface area contributed by atoms with Crippen LogP contribution >= 0.6 is 11.8 Å². The standard InChI is InChI=1S/C22H22FN3O2S/c1-4-14-26-21(17-6-10-18(23)11-7-17)24-25-22(26)29-15(3)20(27)16-8-12-19(13-9-16)28-5-2/h4,6-13,15H,1,5,14H2,2-3H3/t15-/m1/s1. The molecule has 3 rings (SSSR count). The SMILES string of the molecule is C=CCn1c(S[C@H](C)C(=O)c2ccc(OCC)cc2)nnc1-c1ccc(F)cc1. The van der Waals surface area contributed by atoms with Crippen LogP contribution in [0, 0.1) is 5.82 Å². The van der Waals surface area contributed by atoms with Gasteiger partial charge in [0.15, 0.2) is 16.8 Å². The average molecular weight is 412 g/mol. The number of benzene rings is 2. The number of halogens is 1. The number of hydrogen-bond acceptors (Lipinski definition) is 5. The molecular formula is C22H22FN3O2S. The zero-order valence-corrected chi connectivity index (χ0v) is 17.2. The number of thioether (sulfide) groups is 1. The summed E-state index contributed by atoms with van der Waals surface area (Å²) in [5.74, 6) is 1.02. The van der Waals surface area contributed by atoms with Gasteiger partial charge in [-0.3, -0.25) is 9.36 Å². The van der Waals surface area contributed by atoms with Crippen LogP contribution in [-0.2, 0) is 6.54 Å². The summed E-state index contributed by atoms with van der Waals surface area (Å²) in [4.78, 5) is 12.8. The highest BCUT2D eigenvalue weighted by atomic mass is 32.2. The zero-order chi connectivity index (χ0) is 20.8. The molecule has 0 saturated heterocycles. The van der Waals surface area contributed by atoms with E-state index in [-0.39, 0.29) is 16.9 Å². The van der Waals surface area contributed by atoms with Crippen molar-refractivity contribution in [3.05, 3.63) is 72.6 Å². The van der Waals surface area contributed by atoms with Crippen LogP contribution < -0.4 is 4.74 Å². The van der Waals surface area contributed by atoms with Gasteiger partial charge < -0.3 is 4.74 Å². The molecule has 0 radical (unpaired) electrons. The van der Waals surface area contributed by atoms with Crippen LogP contribution in [0.4, 0.5) is 4.39 Å². The van der Waals surface area contributed by atoms with E-state index in [4.69, 9.17) is 4.74 Å². The lowest BCUT2D eigenvalue weighted by molar-refractivity contribution is 0.0994. The Labute approximate surface area is 173 Å². The number of hydrogen-bond donors (Lipinski definition) is 0. The van der Waals surface area contributed by atoms with Crippen molar-refractivity contribution in [1.82, 2.24) is 14.8 Å². The zero-order valence-electron chi connectivity index (χ0n) is 16.3. The highest BCUT2D eigenvalue weighted by molar-refractivity contribution is 8.00. The smallest absolute Gasteiger partial charge is 0.192 e. The number of ketones is 1. The molecule has 1 atom stereocenters. The summed E-state index contributed by atoms with van der Waals surface area (Å²) in [5.41, 5.74) is 1.36. The Kier molecular flexibility index (Phi) is 6.82. The summed E-state index contributed by atoms with van der Waals surface area (Å²) >= 11 is 1.33. The van der Waals surface area contributed by atoms with E-state index in [1.54, 1.807) is 42.5 Å². The molecule has 0 amide bonds. The van der Waals surface area contributed by atoms with Crippen LogP contribution in [0.3, 0.4) is 0 Å². The lowest BCUT2D eigenvalue weighted by Gasteiger charge is -2.12. The number of carbonyl (C=O) groups is 1. The Morgan fingerprint density at radius 3 is 2.52 bits per heavy atom. The molecule has 0 aliphatic rings. The van der Waals surface area contributed by atoms with Crippen LogP contribution in [0.2, 0.25) is 0 Å². The highest BCUT2D eigenvalue weighted by Gasteiger charge is 2.21. The van der Waals surface area contributed by atoms with Crippen LogP contribution in [0.1, 0.15) is 24.2 Å². The topological polar surface area (TPSA) is 57.0 Å². The number of allylic oxidation sites excluding steroid dienone is 1. The minimum atomic E-state index is -0.359. The maximum absolute atomic E-state index is 13.2. The number of rotatable bonds is 9. The molecule has 150 valence electrons. The van der Waals surface area contributed by atoms with Gasteiger partial charge in [0.25, 0.3) is 0 Å². The monoisotopic (exact) mass is 411 g/mol. The van der Waals surface area contributed by atoms with Crippen molar-refractivity contribution in [3.63, 3.8) is 0 Å². The fraction of sp³-hybridized carbons (Fsp3) is 0.227. The largest absolute Gasteiger partial charge is 0.494 e. The summed E-state index contributed by atoms with van der Waals surface area (Å²) in [6.07, 6.45) is 1.74. The third-order valence-electron chi connectivity index (χ3n) is 4.23. The van der Waals surface area contributed by atoms with Crippen molar-refractivity contribution >= 4 is 17.5 Å². The molecule has 0 unspecified atom stereocenters. The first-order valence-electron chi connectivity index (χ1n) is 9.27. The van der Waals surface area contributed by atoms with Crippen molar-refractivity contribution in [2.75, 3.05) is 6.61 Å². The molecule has 0 bridgehead atoms. The molecule has 1 heterocycles. The third kappa shape index (κ3) is 4.92. The van der Waals surface area contributed by atoms with E-state index in [0.717, 1.165) is 11.3 Å². The van der Waals surface area contributed by atoms with Crippen LogP contribution in [0.5, 0.6) is 5.75 Å². The summed E-state index contributed by atoms with van der Waals surface area (Å²) in [7, 11) is 0. The van der Waals surface area contributed by atoms with E-state index < -0.39 is 0 Å². The minimum absolute atomic E-state index is 0.00506. The van der Waals surface area contributed by atoms with Gasteiger partial charge >= 0.3 is 0 Å². The summed E-state index contributed by atoms with van der Waals surface area (Å²) in [6, 6.07) is 13.2. The van der Waals surface area contributed by atoms with Gasteiger partial charge in [0.1, 0.15) is 11.6 Å². The number of ether oxygens (including phenoxy) is 1. The third-order valence-corrected chi connectivity index (χ3v) is 5.31. The predicted octanol–water partition coefficient (Wildman–Crippen LogP) is 5.03. The van der Waals surface area contributed by atoms with Crippen molar-refractivity contribution in [3.8, 4) is 17.1 Å². The average Bonchev–Trinajstić information content (AvgIpc) is 3.11. The Balaban J connectivity index is 1.80. The quantitative estimate of drug-likeness (QED) is 0.281. The van der Waals surface area contributed by atoms with E-state index in [1.807, 2.05) is 18.4 Å². The fourth-order valence-corrected chi connectivity index (χ4v) is 3.75. The van der Waals surface area contributed by atoms with E-state index in [1.165, 1.54) is 23.9 Å². The summed E-state index contributed by atoms with van der Waals surface area (Å²) in [5, 5.41) is 8.74. The summed E-state index contributed by atoms with van der Waals surface area (Å²) in [6.45, 7) is 8.60. The van der Waals surface area contributed by atoms with Gasteiger partial charge in [-0.05, 0) is 62.4 Å². The predicted molar refractivity (Wildman–Crippen MR) is 113 cm³/mol. The molecule has 0 spiro atoms. The molecule has 0 saturated carbocycles. The Hall–Kier alpha value is -2.93. The molecule has 29 heavy (non-hydrogen) atoms. The maximum atomic E-state index is 13.2. The molecule has 3 aromatic rings. The van der Waals surface area contributed by atoms with Crippen molar-refractivity contribution < 1.29 is 13.9 Å². The van der Waals surface area contributed by atoms with Gasteiger partial charge in [-0.15, -0.1) is 16.8 Å². The molecule has 0 fully saturated rings. The molecule has 7 heteroatoms. The van der Waals surface area contributed by atoms with E-state index >= 15 is 0 Å². The first-order valence-corrected chi connectivity index (χ1v) is 10.1. The van der Waals surface area contributed by atoms with Gasteiger partial charge in [0, 0.05) is 17.7 Å². The number of carbonyl (C=O) groups excluding carboxylic acids is 1. The molecule has 1 aromatic heterocycles. The van der Waals surface area contributed by atoms with Crippen molar-refractivity contribution in [2.45, 2.75) is 30.8 Å². The van der Waals surface area contributed by atoms with Crippen molar-refractivity contribution in [1.29, 1.82) is 0 Å². The second-order valence-electron chi connectivity index (χ2n) is 6.29. The van der Waals surface area contributed by atoms with Gasteiger partial charge in [-0.2, -0.15) is 0 Å². The van der Waals surface area contributed by atoms with Gasteiger partial charge in [0.2, 0.25) is 0 Å². The van der Waals surface area contributed by atoms with Gasteiger partial charge in [-0.1, -0.05) is 17.8 Å². The summed E-state index contributed by atoms with van der Waals surface area (Å²) < 4.78 is 20.5. The van der Waals surface area contributed by atoms with E-state index in [0.29, 0.717) is 29.7 Å². The van der Waals surface area contributed by atoms with E-state index in [2.05, 4.69) is 16.8 Å². The molecular weight excluding hydrogens is 389 g/mol. The lowest BCUT2D eigenvalue weighted by atomic mass is 10.1. The minimum Gasteiger partial charge on any atom is -0.494 e. The first kappa shape index (κ1) is 20.8. The maximum Gasteiger partial charge on any atom is 0.192 e. The van der Waals surface area contributed by atoms with Gasteiger partial charge in [0.05, 0.1) is 11.9 Å². The van der Waals surface area contributed by atoms with E-state index in [9.17, 15) is 9.18 Å². The van der Waals surface area contributed by atoms with Crippen molar-refractivity contribution in [2.24, 2.45) is 0 Å². The normalized spacial score (nSPS) is 11.8.